The minimum absolute atomic E-state index is 0.140. The van der Waals surface area contributed by atoms with E-state index in [2.05, 4.69) is 10.6 Å². The van der Waals surface area contributed by atoms with Crippen LogP contribution in [0.4, 0.5) is 5.69 Å². The fourth-order valence-corrected chi connectivity index (χ4v) is 3.22. The molecule has 0 aromatic heterocycles. The fourth-order valence-electron chi connectivity index (χ4n) is 3.22. The van der Waals surface area contributed by atoms with Gasteiger partial charge in [-0.1, -0.05) is 12.1 Å². The Kier molecular flexibility index (Phi) is 6.90. The molecule has 1 saturated heterocycles. The second-order valence-electron chi connectivity index (χ2n) is 6.84. The van der Waals surface area contributed by atoms with E-state index in [0.29, 0.717) is 30.0 Å². The van der Waals surface area contributed by atoms with Gasteiger partial charge in [0.15, 0.2) is 11.5 Å². The Balaban J connectivity index is 1.46. The lowest BCUT2D eigenvalue weighted by Gasteiger charge is -2.16. The van der Waals surface area contributed by atoms with Crippen LogP contribution in [0.3, 0.4) is 0 Å². The largest absolute Gasteiger partial charge is 0.493 e. The number of amides is 3. The first kappa shape index (κ1) is 21.2. The topological polar surface area (TPSA) is 97.0 Å². The van der Waals surface area contributed by atoms with E-state index < -0.39 is 0 Å². The van der Waals surface area contributed by atoms with E-state index in [-0.39, 0.29) is 24.3 Å². The number of carbonyl (C=O) groups is 3. The summed E-state index contributed by atoms with van der Waals surface area (Å²) in [6, 6.07) is 12.3. The molecule has 3 rings (SSSR count). The van der Waals surface area contributed by atoms with Crippen molar-refractivity contribution < 1.29 is 23.9 Å². The van der Waals surface area contributed by atoms with Gasteiger partial charge in [0.1, 0.15) is 0 Å². The van der Waals surface area contributed by atoms with Gasteiger partial charge in [-0.25, -0.2) is 0 Å². The SMILES string of the molecule is COc1ccc(C(=O)NCC(=O)NCc2ccc(N3CCCC3=O)cc2)cc1OC. The Morgan fingerprint density at radius 1 is 1.00 bits per heavy atom. The molecule has 30 heavy (non-hydrogen) atoms. The molecule has 1 fully saturated rings. The van der Waals surface area contributed by atoms with Crippen molar-refractivity contribution in [2.75, 3.05) is 32.2 Å². The lowest BCUT2D eigenvalue weighted by molar-refractivity contribution is -0.120. The third-order valence-corrected chi connectivity index (χ3v) is 4.87. The van der Waals surface area contributed by atoms with Crippen molar-refractivity contribution in [3.63, 3.8) is 0 Å². The first-order valence-corrected chi connectivity index (χ1v) is 9.68. The number of nitrogens with one attached hydrogen (secondary N) is 2. The van der Waals surface area contributed by atoms with E-state index in [9.17, 15) is 14.4 Å². The lowest BCUT2D eigenvalue weighted by Crippen LogP contribution is -2.36. The van der Waals surface area contributed by atoms with E-state index in [0.717, 1.165) is 24.2 Å². The molecule has 0 spiro atoms. The van der Waals surface area contributed by atoms with Crippen molar-refractivity contribution in [3.05, 3.63) is 53.6 Å². The standard InChI is InChI=1S/C22H25N3O5/c1-29-18-10-7-16(12-19(18)30-2)22(28)24-14-20(26)23-13-15-5-8-17(9-6-15)25-11-3-4-21(25)27/h5-10,12H,3-4,11,13-14H2,1-2H3,(H,23,26)(H,24,28). The summed E-state index contributed by atoms with van der Waals surface area (Å²) < 4.78 is 10.3. The van der Waals surface area contributed by atoms with Crippen LogP contribution in [0.1, 0.15) is 28.8 Å². The van der Waals surface area contributed by atoms with Crippen LogP contribution in [0.5, 0.6) is 11.5 Å². The third kappa shape index (κ3) is 5.08. The third-order valence-electron chi connectivity index (χ3n) is 4.87. The second-order valence-corrected chi connectivity index (χ2v) is 6.84. The van der Waals surface area contributed by atoms with Gasteiger partial charge in [-0.15, -0.1) is 0 Å². The van der Waals surface area contributed by atoms with Crippen LogP contribution in [0.2, 0.25) is 0 Å². The molecule has 1 heterocycles. The number of methoxy groups -OCH3 is 2. The summed E-state index contributed by atoms with van der Waals surface area (Å²) in [7, 11) is 3.00. The van der Waals surface area contributed by atoms with E-state index in [1.807, 2.05) is 24.3 Å². The van der Waals surface area contributed by atoms with Gasteiger partial charge in [0.2, 0.25) is 11.8 Å². The molecule has 0 unspecified atom stereocenters. The Labute approximate surface area is 175 Å². The average Bonchev–Trinajstić information content (AvgIpc) is 3.21. The highest BCUT2D eigenvalue weighted by Gasteiger charge is 2.21. The molecule has 158 valence electrons. The quantitative estimate of drug-likeness (QED) is 0.691. The molecule has 8 heteroatoms. The van der Waals surface area contributed by atoms with Gasteiger partial charge >= 0.3 is 0 Å². The molecule has 2 aromatic rings. The molecule has 0 atom stereocenters. The number of hydrogen-bond donors (Lipinski definition) is 2. The first-order chi connectivity index (χ1) is 14.5. The monoisotopic (exact) mass is 411 g/mol. The maximum Gasteiger partial charge on any atom is 0.251 e. The van der Waals surface area contributed by atoms with Gasteiger partial charge in [0.05, 0.1) is 20.8 Å². The van der Waals surface area contributed by atoms with Crippen molar-refractivity contribution in [1.29, 1.82) is 0 Å². The van der Waals surface area contributed by atoms with Crippen LogP contribution in [0, 0.1) is 0 Å². The predicted octanol–water partition coefficient (Wildman–Crippen LogP) is 1.88. The number of anilines is 1. The van der Waals surface area contributed by atoms with E-state index in [4.69, 9.17) is 9.47 Å². The molecule has 1 aliphatic rings. The number of hydrogen-bond acceptors (Lipinski definition) is 5. The highest BCUT2D eigenvalue weighted by atomic mass is 16.5. The molecule has 0 saturated carbocycles. The molecule has 2 aromatic carbocycles. The van der Waals surface area contributed by atoms with Gasteiger partial charge in [0, 0.05) is 30.8 Å². The molecular formula is C22H25N3O5. The van der Waals surface area contributed by atoms with Crippen LogP contribution in [0.15, 0.2) is 42.5 Å². The van der Waals surface area contributed by atoms with Crippen molar-refractivity contribution >= 4 is 23.4 Å². The molecule has 0 radical (unpaired) electrons. The summed E-state index contributed by atoms with van der Waals surface area (Å²) in [4.78, 5) is 37.9. The number of carbonyl (C=O) groups excluding carboxylic acids is 3. The normalized spacial score (nSPS) is 13.1. The van der Waals surface area contributed by atoms with Crippen LogP contribution in [-0.2, 0) is 16.1 Å². The average molecular weight is 411 g/mol. The van der Waals surface area contributed by atoms with Crippen LogP contribution >= 0.6 is 0 Å². The Morgan fingerprint density at radius 2 is 1.73 bits per heavy atom. The van der Waals surface area contributed by atoms with Crippen molar-refractivity contribution in [2.45, 2.75) is 19.4 Å². The molecule has 1 aliphatic heterocycles. The zero-order valence-corrected chi connectivity index (χ0v) is 17.1. The summed E-state index contributed by atoms with van der Waals surface area (Å²) in [5.74, 6) is 0.412. The van der Waals surface area contributed by atoms with Gasteiger partial charge in [0.25, 0.3) is 5.91 Å². The molecule has 0 aliphatic carbocycles. The van der Waals surface area contributed by atoms with Gasteiger partial charge in [-0.3, -0.25) is 14.4 Å². The zero-order valence-electron chi connectivity index (χ0n) is 17.1. The fraction of sp³-hybridized carbons (Fsp3) is 0.318. The zero-order chi connectivity index (χ0) is 21.5. The molecule has 3 amide bonds. The number of ether oxygens (including phenoxy) is 2. The number of rotatable bonds is 8. The first-order valence-electron chi connectivity index (χ1n) is 9.68. The minimum atomic E-state index is -0.384. The maximum atomic E-state index is 12.3. The predicted molar refractivity (Wildman–Crippen MR) is 112 cm³/mol. The minimum Gasteiger partial charge on any atom is -0.493 e. The molecule has 2 N–H and O–H groups in total. The highest BCUT2D eigenvalue weighted by molar-refractivity contribution is 5.97. The second kappa shape index (κ2) is 9.78. The Bertz CT molecular complexity index is 927. The van der Waals surface area contributed by atoms with Gasteiger partial charge < -0.3 is 25.0 Å². The van der Waals surface area contributed by atoms with Crippen LogP contribution in [0.25, 0.3) is 0 Å². The summed E-state index contributed by atoms with van der Waals surface area (Å²) in [6.07, 6.45) is 1.47. The Morgan fingerprint density at radius 3 is 2.37 bits per heavy atom. The van der Waals surface area contributed by atoms with Gasteiger partial charge in [-0.05, 0) is 42.3 Å². The Hall–Kier alpha value is -3.55. The summed E-state index contributed by atoms with van der Waals surface area (Å²) in [5, 5.41) is 5.35. The van der Waals surface area contributed by atoms with Crippen molar-refractivity contribution in [1.82, 2.24) is 10.6 Å². The van der Waals surface area contributed by atoms with Crippen molar-refractivity contribution in [3.8, 4) is 11.5 Å². The summed E-state index contributed by atoms with van der Waals surface area (Å²) in [5.41, 5.74) is 2.15. The van der Waals surface area contributed by atoms with Gasteiger partial charge in [-0.2, -0.15) is 0 Å². The van der Waals surface area contributed by atoms with E-state index in [1.54, 1.807) is 23.1 Å². The molecular weight excluding hydrogens is 386 g/mol. The van der Waals surface area contributed by atoms with E-state index in [1.165, 1.54) is 14.2 Å². The summed E-state index contributed by atoms with van der Waals surface area (Å²) >= 11 is 0. The lowest BCUT2D eigenvalue weighted by atomic mass is 10.2. The van der Waals surface area contributed by atoms with Crippen molar-refractivity contribution in [2.24, 2.45) is 0 Å². The molecule has 0 bridgehead atoms. The highest BCUT2D eigenvalue weighted by Crippen LogP contribution is 2.27. The summed E-state index contributed by atoms with van der Waals surface area (Å²) in [6.45, 7) is 0.932. The molecule has 8 nitrogen and oxygen atoms in total. The van der Waals surface area contributed by atoms with Crippen LogP contribution in [-0.4, -0.2) is 45.0 Å². The number of benzene rings is 2. The van der Waals surface area contributed by atoms with E-state index >= 15 is 0 Å². The van der Waals surface area contributed by atoms with Crippen LogP contribution < -0.4 is 25.0 Å². The maximum absolute atomic E-state index is 12.3. The smallest absolute Gasteiger partial charge is 0.251 e. The number of nitrogens with zero attached hydrogens (tertiary/aromatic N) is 1.